The van der Waals surface area contributed by atoms with Crippen molar-refractivity contribution in [2.24, 2.45) is 0 Å². The molecule has 2 fully saturated rings. The van der Waals surface area contributed by atoms with Crippen LogP contribution in [0.3, 0.4) is 0 Å². The molecule has 3 atom stereocenters. The van der Waals surface area contributed by atoms with Crippen LogP contribution >= 0.6 is 0 Å². The van der Waals surface area contributed by atoms with Crippen LogP contribution < -0.4 is 0 Å². The minimum atomic E-state index is -0.454. The van der Waals surface area contributed by atoms with Crippen molar-refractivity contribution in [3.05, 3.63) is 17.0 Å². The lowest BCUT2D eigenvalue weighted by atomic mass is 10.0. The van der Waals surface area contributed by atoms with Crippen LogP contribution in [0.5, 0.6) is 0 Å². The molecule has 2 aliphatic heterocycles. The number of β-amino-alcohol motifs (C(OH)–C–C–N with tert-alkyl or cyclic N) is 1. The average molecular weight is 323 g/mol. The van der Waals surface area contributed by atoms with Gasteiger partial charge in [-0.2, -0.15) is 5.10 Å². The highest BCUT2D eigenvalue weighted by Crippen LogP contribution is 2.34. The molecule has 2 N–H and O–H groups in total. The topological polar surface area (TPSA) is 70.6 Å². The molecule has 0 saturated carbocycles. The maximum atomic E-state index is 10.3. The highest BCUT2D eigenvalue weighted by Gasteiger charge is 2.30. The van der Waals surface area contributed by atoms with E-state index < -0.39 is 6.10 Å². The molecule has 130 valence electrons. The van der Waals surface area contributed by atoms with E-state index in [0.717, 1.165) is 50.2 Å². The number of ether oxygens (including phenoxy) is 2. The van der Waals surface area contributed by atoms with Gasteiger partial charge in [0.25, 0.3) is 0 Å². The third-order valence-electron chi connectivity index (χ3n) is 4.97. The lowest BCUT2D eigenvalue weighted by Gasteiger charge is -2.27. The van der Waals surface area contributed by atoms with E-state index in [9.17, 15) is 5.11 Å². The lowest BCUT2D eigenvalue weighted by molar-refractivity contribution is -0.0262. The maximum Gasteiger partial charge on any atom is 0.0900 e. The standard InChI is InChI=1S/C17H29N3O3/c1-12-17(13(2)19-18-12)16-6-3-7-20(16)9-14(21)10-22-11-15-5-4-8-23-15/h14-16,21H,3-11H2,1-2H3,(H,18,19). The molecule has 3 heterocycles. The van der Waals surface area contributed by atoms with Gasteiger partial charge >= 0.3 is 0 Å². The number of H-pyrrole nitrogens is 1. The van der Waals surface area contributed by atoms with E-state index >= 15 is 0 Å². The summed E-state index contributed by atoms with van der Waals surface area (Å²) in [4.78, 5) is 2.37. The van der Waals surface area contributed by atoms with Gasteiger partial charge in [-0.1, -0.05) is 0 Å². The first-order valence-electron chi connectivity index (χ1n) is 8.78. The molecular weight excluding hydrogens is 294 g/mol. The Hall–Kier alpha value is -0.950. The summed E-state index contributed by atoms with van der Waals surface area (Å²) < 4.78 is 11.2. The molecule has 0 spiro atoms. The van der Waals surface area contributed by atoms with E-state index in [2.05, 4.69) is 28.9 Å². The fourth-order valence-electron chi connectivity index (χ4n) is 3.86. The largest absolute Gasteiger partial charge is 0.389 e. The van der Waals surface area contributed by atoms with Gasteiger partial charge in [0.1, 0.15) is 0 Å². The summed E-state index contributed by atoms with van der Waals surface area (Å²) >= 11 is 0. The number of aliphatic hydroxyl groups is 1. The second-order valence-corrected chi connectivity index (χ2v) is 6.83. The van der Waals surface area contributed by atoms with Crippen LogP contribution in [0.15, 0.2) is 0 Å². The molecule has 6 nitrogen and oxygen atoms in total. The average Bonchev–Trinajstić information content (AvgIpc) is 3.23. The normalized spacial score (nSPS) is 26.9. The van der Waals surface area contributed by atoms with Crippen LogP contribution in [0.4, 0.5) is 0 Å². The van der Waals surface area contributed by atoms with E-state index in [1.807, 2.05) is 0 Å². The van der Waals surface area contributed by atoms with Gasteiger partial charge in [0.2, 0.25) is 0 Å². The van der Waals surface area contributed by atoms with Crippen LogP contribution in [-0.4, -0.2) is 65.3 Å². The summed E-state index contributed by atoms with van der Waals surface area (Å²) in [5.41, 5.74) is 3.52. The number of hydrogen-bond donors (Lipinski definition) is 2. The predicted molar refractivity (Wildman–Crippen MR) is 87.4 cm³/mol. The molecule has 3 rings (SSSR count). The number of rotatable bonds is 7. The van der Waals surface area contributed by atoms with Gasteiger partial charge < -0.3 is 14.6 Å². The SMILES string of the molecule is Cc1n[nH]c(C)c1C1CCCN1CC(O)COCC1CCCO1. The maximum absolute atomic E-state index is 10.3. The minimum absolute atomic E-state index is 0.220. The molecule has 3 unspecified atom stereocenters. The van der Waals surface area contributed by atoms with E-state index in [1.165, 1.54) is 5.56 Å². The number of aromatic nitrogens is 2. The first kappa shape index (κ1) is 16.9. The second kappa shape index (κ2) is 7.75. The van der Waals surface area contributed by atoms with Crippen molar-refractivity contribution in [3.63, 3.8) is 0 Å². The quantitative estimate of drug-likeness (QED) is 0.799. The van der Waals surface area contributed by atoms with Crippen LogP contribution in [-0.2, 0) is 9.47 Å². The summed E-state index contributed by atoms with van der Waals surface area (Å²) in [5, 5.41) is 17.7. The van der Waals surface area contributed by atoms with Gasteiger partial charge in [0.15, 0.2) is 0 Å². The van der Waals surface area contributed by atoms with Gasteiger partial charge in [0, 0.05) is 30.5 Å². The summed E-state index contributed by atoms with van der Waals surface area (Å²) in [6, 6.07) is 0.363. The number of hydrogen-bond acceptors (Lipinski definition) is 5. The van der Waals surface area contributed by atoms with Crippen LogP contribution in [0, 0.1) is 13.8 Å². The van der Waals surface area contributed by atoms with Gasteiger partial charge in [-0.25, -0.2) is 0 Å². The Labute approximate surface area is 138 Å². The molecule has 0 aromatic carbocycles. The number of aromatic amines is 1. The third kappa shape index (κ3) is 4.12. The third-order valence-corrected chi connectivity index (χ3v) is 4.97. The molecule has 0 amide bonds. The number of nitrogens with one attached hydrogen (secondary N) is 1. The molecule has 1 aromatic rings. The number of aryl methyl sites for hydroxylation is 2. The summed E-state index contributed by atoms with van der Waals surface area (Å²) in [6.07, 6.45) is 4.25. The van der Waals surface area contributed by atoms with Crippen molar-refractivity contribution in [2.45, 2.75) is 57.8 Å². The van der Waals surface area contributed by atoms with Crippen LogP contribution in [0.1, 0.15) is 48.7 Å². The van der Waals surface area contributed by atoms with Gasteiger partial charge in [-0.05, 0) is 46.1 Å². The second-order valence-electron chi connectivity index (χ2n) is 6.83. The highest BCUT2D eigenvalue weighted by atomic mass is 16.5. The van der Waals surface area contributed by atoms with E-state index in [4.69, 9.17) is 9.47 Å². The molecule has 0 radical (unpaired) electrons. The fraction of sp³-hybridized carbons (Fsp3) is 0.824. The van der Waals surface area contributed by atoms with Crippen LogP contribution in [0.25, 0.3) is 0 Å². The monoisotopic (exact) mass is 323 g/mol. The minimum Gasteiger partial charge on any atom is -0.389 e. The molecular formula is C17H29N3O3. The van der Waals surface area contributed by atoms with Crippen molar-refractivity contribution in [1.82, 2.24) is 15.1 Å². The Kier molecular flexibility index (Phi) is 5.69. The van der Waals surface area contributed by atoms with Gasteiger partial charge in [-0.3, -0.25) is 10.00 Å². The van der Waals surface area contributed by atoms with E-state index in [-0.39, 0.29) is 6.10 Å². The number of likely N-dealkylation sites (tertiary alicyclic amines) is 1. The van der Waals surface area contributed by atoms with Crippen molar-refractivity contribution < 1.29 is 14.6 Å². The molecule has 6 heteroatoms. The lowest BCUT2D eigenvalue weighted by Crippen LogP contribution is -2.35. The molecule has 2 saturated heterocycles. The molecule has 2 aliphatic rings. The summed E-state index contributed by atoms with van der Waals surface area (Å²) in [7, 11) is 0. The number of aliphatic hydroxyl groups excluding tert-OH is 1. The summed E-state index contributed by atoms with van der Waals surface area (Å²) in [5.74, 6) is 0. The van der Waals surface area contributed by atoms with Gasteiger partial charge in [-0.15, -0.1) is 0 Å². The predicted octanol–water partition coefficient (Wildman–Crippen LogP) is 1.72. The molecule has 23 heavy (non-hydrogen) atoms. The van der Waals surface area contributed by atoms with Gasteiger partial charge in [0.05, 0.1) is 31.1 Å². The van der Waals surface area contributed by atoms with Crippen molar-refractivity contribution >= 4 is 0 Å². The molecule has 0 aliphatic carbocycles. The fourth-order valence-corrected chi connectivity index (χ4v) is 3.86. The molecule has 0 bridgehead atoms. The highest BCUT2D eigenvalue weighted by molar-refractivity contribution is 5.28. The Morgan fingerprint density at radius 2 is 2.26 bits per heavy atom. The molecule has 1 aromatic heterocycles. The first-order valence-corrected chi connectivity index (χ1v) is 8.78. The van der Waals surface area contributed by atoms with Crippen molar-refractivity contribution in [1.29, 1.82) is 0 Å². The van der Waals surface area contributed by atoms with Crippen molar-refractivity contribution in [3.8, 4) is 0 Å². The first-order chi connectivity index (χ1) is 11.1. The number of nitrogens with zero attached hydrogens (tertiary/aromatic N) is 2. The zero-order valence-electron chi connectivity index (χ0n) is 14.3. The van der Waals surface area contributed by atoms with Crippen LogP contribution in [0.2, 0.25) is 0 Å². The smallest absolute Gasteiger partial charge is 0.0900 e. The Bertz CT molecular complexity index is 480. The Morgan fingerprint density at radius 3 is 2.96 bits per heavy atom. The Morgan fingerprint density at radius 1 is 1.39 bits per heavy atom. The Balaban J connectivity index is 1.48. The van der Waals surface area contributed by atoms with E-state index in [0.29, 0.717) is 25.8 Å². The summed E-state index contributed by atoms with van der Waals surface area (Å²) in [6.45, 7) is 7.63. The zero-order valence-corrected chi connectivity index (χ0v) is 14.3. The van der Waals surface area contributed by atoms with Crippen molar-refractivity contribution in [2.75, 3.05) is 32.9 Å². The van der Waals surface area contributed by atoms with E-state index in [1.54, 1.807) is 0 Å². The zero-order chi connectivity index (χ0) is 16.2.